The Morgan fingerprint density at radius 1 is 0.276 bits per heavy atom. The van der Waals surface area contributed by atoms with Crippen molar-refractivity contribution in [3.8, 4) is 23.0 Å². The Labute approximate surface area is 358 Å². The summed E-state index contributed by atoms with van der Waals surface area (Å²) in [4.78, 5) is 0. The van der Waals surface area contributed by atoms with E-state index < -0.39 is 0 Å². The number of rotatable bonds is 40. The molecule has 330 valence electrons. The van der Waals surface area contributed by atoms with E-state index in [2.05, 4.69) is 64.1 Å². The van der Waals surface area contributed by atoms with Crippen molar-refractivity contribution in [1.82, 2.24) is 0 Å². The minimum Gasteiger partial charge on any atom is -0.493 e. The van der Waals surface area contributed by atoms with E-state index >= 15 is 0 Å². The van der Waals surface area contributed by atoms with Gasteiger partial charge in [0.2, 0.25) is 0 Å². The summed E-state index contributed by atoms with van der Waals surface area (Å²) in [7, 11) is 0. The number of unbranched alkanes of at least 4 members (excludes halogenated alkanes) is 28. The summed E-state index contributed by atoms with van der Waals surface area (Å²) in [5.41, 5.74) is 0. The summed E-state index contributed by atoms with van der Waals surface area (Å²) in [6.07, 6.45) is 41.1. The fraction of sp³-hybridized carbons (Fsp3) is 0.741. The standard InChI is InChI=1S/C54H90O4/c1-5-9-13-17-21-25-29-33-43-55-49-41-37-39-47-51(49)53(57-45-35-31-27-23-19-15-11-7-3)48-40-38-42-50(56-44-34-30-26-22-18-14-10-6-2)52(48)54(47)58-46-36-32-28-24-20-16-12-8-4/h37-42H,5-36,43-46H2,1-4H3. The summed E-state index contributed by atoms with van der Waals surface area (Å²) in [5, 5.41) is 4.27. The van der Waals surface area contributed by atoms with Crippen molar-refractivity contribution in [3.05, 3.63) is 36.4 Å². The van der Waals surface area contributed by atoms with Crippen LogP contribution in [0.25, 0.3) is 21.5 Å². The van der Waals surface area contributed by atoms with Crippen molar-refractivity contribution < 1.29 is 18.9 Å². The van der Waals surface area contributed by atoms with Gasteiger partial charge in [-0.25, -0.2) is 0 Å². The zero-order valence-electron chi connectivity index (χ0n) is 38.6. The highest BCUT2D eigenvalue weighted by atomic mass is 16.5. The minimum atomic E-state index is 0.702. The van der Waals surface area contributed by atoms with Gasteiger partial charge in [-0.2, -0.15) is 0 Å². The van der Waals surface area contributed by atoms with Gasteiger partial charge in [-0.05, 0) is 37.8 Å². The predicted octanol–water partition coefficient (Wildman–Crippen LogP) is 18.1. The zero-order valence-corrected chi connectivity index (χ0v) is 38.6. The first-order valence-corrected chi connectivity index (χ1v) is 25.3. The van der Waals surface area contributed by atoms with Crippen LogP contribution in [0.2, 0.25) is 0 Å². The molecule has 0 atom stereocenters. The first-order valence-electron chi connectivity index (χ1n) is 25.3. The highest BCUT2D eigenvalue weighted by Gasteiger charge is 2.22. The smallest absolute Gasteiger partial charge is 0.139 e. The second-order valence-corrected chi connectivity index (χ2v) is 17.3. The average Bonchev–Trinajstić information content (AvgIpc) is 3.24. The number of hydrogen-bond acceptors (Lipinski definition) is 4. The summed E-state index contributed by atoms with van der Waals surface area (Å²) < 4.78 is 27.2. The summed E-state index contributed by atoms with van der Waals surface area (Å²) in [6.45, 7) is 12.0. The number of ether oxygens (including phenoxy) is 4. The third-order valence-corrected chi connectivity index (χ3v) is 12.0. The average molecular weight is 803 g/mol. The number of benzene rings is 3. The molecule has 0 bridgehead atoms. The van der Waals surface area contributed by atoms with Gasteiger partial charge in [0.25, 0.3) is 0 Å². The third-order valence-electron chi connectivity index (χ3n) is 12.0. The van der Waals surface area contributed by atoms with Gasteiger partial charge in [-0.3, -0.25) is 0 Å². The largest absolute Gasteiger partial charge is 0.493 e. The quantitative estimate of drug-likeness (QED) is 0.0424. The zero-order chi connectivity index (χ0) is 41.1. The van der Waals surface area contributed by atoms with E-state index in [1.165, 1.54) is 180 Å². The molecule has 0 N–H and O–H groups in total. The number of fused-ring (bicyclic) bond motifs is 2. The molecule has 0 aliphatic carbocycles. The first kappa shape index (κ1) is 49.7. The van der Waals surface area contributed by atoms with Gasteiger partial charge in [0.15, 0.2) is 0 Å². The van der Waals surface area contributed by atoms with Crippen molar-refractivity contribution in [1.29, 1.82) is 0 Å². The van der Waals surface area contributed by atoms with Crippen LogP contribution in [-0.2, 0) is 0 Å². The van der Waals surface area contributed by atoms with Gasteiger partial charge in [0, 0.05) is 10.8 Å². The molecule has 0 aliphatic rings. The highest BCUT2D eigenvalue weighted by Crippen LogP contribution is 2.49. The van der Waals surface area contributed by atoms with Crippen molar-refractivity contribution >= 4 is 21.5 Å². The van der Waals surface area contributed by atoms with E-state index in [9.17, 15) is 0 Å². The molecular weight excluding hydrogens is 713 g/mol. The normalized spacial score (nSPS) is 11.5. The van der Waals surface area contributed by atoms with Gasteiger partial charge in [0.1, 0.15) is 23.0 Å². The fourth-order valence-electron chi connectivity index (χ4n) is 8.38. The maximum Gasteiger partial charge on any atom is 0.139 e. The van der Waals surface area contributed by atoms with Crippen LogP contribution >= 0.6 is 0 Å². The predicted molar refractivity (Wildman–Crippen MR) is 254 cm³/mol. The lowest BCUT2D eigenvalue weighted by atomic mass is 9.98. The van der Waals surface area contributed by atoms with E-state index in [1.807, 2.05) is 0 Å². The molecule has 3 rings (SSSR count). The van der Waals surface area contributed by atoms with Gasteiger partial charge < -0.3 is 18.9 Å². The van der Waals surface area contributed by atoms with Crippen LogP contribution in [0.4, 0.5) is 0 Å². The highest BCUT2D eigenvalue weighted by molar-refractivity contribution is 6.15. The molecule has 0 heterocycles. The van der Waals surface area contributed by atoms with Crippen LogP contribution in [0.3, 0.4) is 0 Å². The van der Waals surface area contributed by atoms with Gasteiger partial charge in [0.05, 0.1) is 37.2 Å². The Kier molecular flexibility index (Phi) is 29.3. The molecule has 0 spiro atoms. The molecule has 0 aromatic heterocycles. The fourth-order valence-corrected chi connectivity index (χ4v) is 8.38. The van der Waals surface area contributed by atoms with E-state index in [0.717, 1.165) is 83.4 Å². The molecule has 58 heavy (non-hydrogen) atoms. The molecule has 4 nitrogen and oxygen atoms in total. The van der Waals surface area contributed by atoms with Crippen molar-refractivity contribution in [2.45, 2.75) is 233 Å². The molecule has 0 radical (unpaired) electrons. The van der Waals surface area contributed by atoms with Crippen LogP contribution in [0, 0.1) is 0 Å². The summed E-state index contributed by atoms with van der Waals surface area (Å²) in [6, 6.07) is 13.0. The minimum absolute atomic E-state index is 0.702. The van der Waals surface area contributed by atoms with E-state index in [1.54, 1.807) is 0 Å². The Morgan fingerprint density at radius 3 is 0.793 bits per heavy atom. The van der Waals surface area contributed by atoms with Crippen LogP contribution in [0.1, 0.15) is 233 Å². The molecule has 0 aliphatic heterocycles. The van der Waals surface area contributed by atoms with E-state index in [-0.39, 0.29) is 0 Å². The maximum absolute atomic E-state index is 6.92. The summed E-state index contributed by atoms with van der Waals surface area (Å²) >= 11 is 0. The molecule has 0 unspecified atom stereocenters. The van der Waals surface area contributed by atoms with Gasteiger partial charge in [-0.1, -0.05) is 232 Å². The summed E-state index contributed by atoms with van der Waals surface area (Å²) in [5.74, 6) is 3.68. The number of hydrogen-bond donors (Lipinski definition) is 0. The van der Waals surface area contributed by atoms with Crippen LogP contribution in [-0.4, -0.2) is 26.4 Å². The van der Waals surface area contributed by atoms with Crippen LogP contribution in [0.15, 0.2) is 36.4 Å². The molecule has 3 aromatic carbocycles. The lowest BCUT2D eigenvalue weighted by Crippen LogP contribution is -2.06. The SMILES string of the molecule is CCCCCCCCCCOc1cccc2c(OCCCCCCCCCC)c3c(OCCCCCCCCCC)cccc3c(OCCCCCCCCCC)c12. The molecule has 0 saturated heterocycles. The molecule has 0 fully saturated rings. The van der Waals surface area contributed by atoms with E-state index in [0.29, 0.717) is 13.2 Å². The van der Waals surface area contributed by atoms with E-state index in [4.69, 9.17) is 18.9 Å². The molecular formula is C54H90O4. The van der Waals surface area contributed by atoms with Crippen LogP contribution in [0.5, 0.6) is 23.0 Å². The second kappa shape index (κ2) is 34.1. The Hall–Kier alpha value is -2.62. The lowest BCUT2D eigenvalue weighted by molar-refractivity contribution is 0.293. The molecule has 4 heteroatoms. The van der Waals surface area contributed by atoms with Crippen molar-refractivity contribution in [2.24, 2.45) is 0 Å². The van der Waals surface area contributed by atoms with Gasteiger partial charge >= 0.3 is 0 Å². The molecule has 3 aromatic rings. The van der Waals surface area contributed by atoms with Crippen molar-refractivity contribution in [3.63, 3.8) is 0 Å². The Balaban J connectivity index is 1.86. The topological polar surface area (TPSA) is 36.9 Å². The first-order chi connectivity index (χ1) is 28.8. The Bertz CT molecular complexity index is 1310. The Morgan fingerprint density at radius 2 is 0.517 bits per heavy atom. The van der Waals surface area contributed by atoms with Crippen molar-refractivity contribution in [2.75, 3.05) is 26.4 Å². The molecule has 0 saturated carbocycles. The monoisotopic (exact) mass is 803 g/mol. The van der Waals surface area contributed by atoms with Crippen LogP contribution < -0.4 is 18.9 Å². The maximum atomic E-state index is 6.92. The lowest BCUT2D eigenvalue weighted by Gasteiger charge is -2.22. The second-order valence-electron chi connectivity index (χ2n) is 17.3. The third kappa shape index (κ3) is 20.1. The molecule has 0 amide bonds. The van der Waals surface area contributed by atoms with Gasteiger partial charge in [-0.15, -0.1) is 0 Å².